The molecule has 2 N–H and O–H groups in total. The van der Waals surface area contributed by atoms with Crippen molar-refractivity contribution in [2.75, 3.05) is 5.32 Å². The highest BCUT2D eigenvalue weighted by Crippen LogP contribution is 2.28. The van der Waals surface area contributed by atoms with E-state index in [1.165, 1.54) is 6.07 Å². The van der Waals surface area contributed by atoms with Gasteiger partial charge in [0, 0.05) is 11.8 Å². The number of rotatable bonds is 5. The van der Waals surface area contributed by atoms with Crippen LogP contribution in [0.25, 0.3) is 0 Å². The quantitative estimate of drug-likeness (QED) is 0.860. The summed E-state index contributed by atoms with van der Waals surface area (Å²) in [6, 6.07) is 6.54. The summed E-state index contributed by atoms with van der Waals surface area (Å²) in [5.41, 5.74) is 1.45. The van der Waals surface area contributed by atoms with Gasteiger partial charge in [-0.1, -0.05) is 18.2 Å². The van der Waals surface area contributed by atoms with Gasteiger partial charge in [-0.05, 0) is 13.0 Å². The van der Waals surface area contributed by atoms with Crippen molar-refractivity contribution in [1.29, 1.82) is 0 Å². The number of hydrogen-bond acceptors (Lipinski definition) is 3. The monoisotopic (exact) mass is 253 g/mol. The number of para-hydroxylation sites is 1. The van der Waals surface area contributed by atoms with Gasteiger partial charge < -0.3 is 10.1 Å². The highest BCUT2D eigenvalue weighted by molar-refractivity contribution is 5.44. The fourth-order valence-electron chi connectivity index (χ4n) is 1.70. The van der Waals surface area contributed by atoms with E-state index in [0.29, 0.717) is 5.56 Å². The second-order valence-corrected chi connectivity index (χ2v) is 3.77. The van der Waals surface area contributed by atoms with Crippen LogP contribution in [-0.4, -0.2) is 16.8 Å². The Labute approximate surface area is 103 Å². The van der Waals surface area contributed by atoms with Crippen molar-refractivity contribution in [3.63, 3.8) is 0 Å². The third-order valence-corrected chi connectivity index (χ3v) is 2.48. The van der Waals surface area contributed by atoms with Crippen LogP contribution in [0, 0.1) is 0 Å². The SMILES string of the molecule is CC(Nc1cn[nH]c1)c1ccccc1OC(F)F. The minimum absolute atomic E-state index is 0.169. The van der Waals surface area contributed by atoms with E-state index < -0.39 is 6.61 Å². The van der Waals surface area contributed by atoms with Crippen LogP contribution >= 0.6 is 0 Å². The molecule has 1 unspecified atom stereocenters. The Morgan fingerprint density at radius 3 is 2.78 bits per heavy atom. The number of aromatic nitrogens is 2. The molecule has 2 rings (SSSR count). The van der Waals surface area contributed by atoms with Gasteiger partial charge in [-0.2, -0.15) is 13.9 Å². The van der Waals surface area contributed by atoms with Crippen LogP contribution in [-0.2, 0) is 0 Å². The first-order chi connectivity index (χ1) is 8.66. The third kappa shape index (κ3) is 2.97. The normalized spacial score (nSPS) is 12.4. The first-order valence-corrected chi connectivity index (χ1v) is 5.46. The zero-order chi connectivity index (χ0) is 13.0. The van der Waals surface area contributed by atoms with Gasteiger partial charge in [0.2, 0.25) is 0 Å². The van der Waals surface area contributed by atoms with Gasteiger partial charge >= 0.3 is 6.61 Å². The maximum Gasteiger partial charge on any atom is 0.387 e. The molecule has 0 aliphatic carbocycles. The van der Waals surface area contributed by atoms with Crippen molar-refractivity contribution in [3.05, 3.63) is 42.2 Å². The number of ether oxygens (including phenoxy) is 1. The summed E-state index contributed by atoms with van der Waals surface area (Å²) in [6.45, 7) is -0.965. The topological polar surface area (TPSA) is 49.9 Å². The molecule has 0 saturated heterocycles. The number of anilines is 1. The Kier molecular flexibility index (Phi) is 3.76. The van der Waals surface area contributed by atoms with E-state index in [2.05, 4.69) is 20.3 Å². The molecule has 0 saturated carbocycles. The molecule has 0 aliphatic heterocycles. The number of aromatic amines is 1. The van der Waals surface area contributed by atoms with E-state index in [-0.39, 0.29) is 11.8 Å². The van der Waals surface area contributed by atoms with Crippen LogP contribution < -0.4 is 10.1 Å². The number of nitrogens with zero attached hydrogens (tertiary/aromatic N) is 1. The highest BCUT2D eigenvalue weighted by Gasteiger charge is 2.14. The van der Waals surface area contributed by atoms with Crippen LogP contribution in [0.2, 0.25) is 0 Å². The highest BCUT2D eigenvalue weighted by atomic mass is 19.3. The fraction of sp³-hybridized carbons (Fsp3) is 0.250. The predicted octanol–water partition coefficient (Wildman–Crippen LogP) is 3.18. The lowest BCUT2D eigenvalue weighted by Gasteiger charge is -2.17. The van der Waals surface area contributed by atoms with E-state index in [0.717, 1.165) is 5.69 Å². The first kappa shape index (κ1) is 12.3. The lowest BCUT2D eigenvalue weighted by molar-refractivity contribution is -0.0505. The lowest BCUT2D eigenvalue weighted by Crippen LogP contribution is -2.10. The summed E-state index contributed by atoms with van der Waals surface area (Å²) >= 11 is 0. The summed E-state index contributed by atoms with van der Waals surface area (Å²) in [5, 5.41) is 9.60. The van der Waals surface area contributed by atoms with E-state index >= 15 is 0 Å². The molecule has 0 aliphatic rings. The molecule has 96 valence electrons. The van der Waals surface area contributed by atoms with Crippen LogP contribution in [0.1, 0.15) is 18.5 Å². The van der Waals surface area contributed by atoms with Crippen molar-refractivity contribution in [3.8, 4) is 5.75 Å². The van der Waals surface area contributed by atoms with E-state index in [1.54, 1.807) is 30.6 Å². The molecule has 1 aromatic carbocycles. The molecule has 2 aromatic rings. The molecular formula is C12H13F2N3O. The smallest absolute Gasteiger partial charge is 0.387 e. The number of nitrogens with one attached hydrogen (secondary N) is 2. The van der Waals surface area contributed by atoms with Gasteiger partial charge in [0.1, 0.15) is 5.75 Å². The summed E-state index contributed by atoms with van der Waals surface area (Å²) in [4.78, 5) is 0. The van der Waals surface area contributed by atoms with Gasteiger partial charge in [0.05, 0.1) is 17.9 Å². The predicted molar refractivity (Wildman–Crippen MR) is 63.7 cm³/mol. The maximum atomic E-state index is 12.3. The molecule has 1 heterocycles. The molecule has 0 spiro atoms. The lowest BCUT2D eigenvalue weighted by atomic mass is 10.1. The van der Waals surface area contributed by atoms with Crippen LogP contribution in [0.5, 0.6) is 5.75 Å². The standard InChI is InChI=1S/C12H13F2N3O/c1-8(17-9-6-15-16-7-9)10-4-2-3-5-11(10)18-12(13)14/h2-8,12,17H,1H3,(H,15,16). The first-order valence-electron chi connectivity index (χ1n) is 5.46. The third-order valence-electron chi connectivity index (χ3n) is 2.48. The molecule has 6 heteroatoms. The molecule has 0 radical (unpaired) electrons. The van der Waals surface area contributed by atoms with Crippen molar-refractivity contribution in [2.45, 2.75) is 19.6 Å². The summed E-state index contributed by atoms with van der Waals surface area (Å²) in [7, 11) is 0. The Hall–Kier alpha value is -2.11. The molecule has 1 aromatic heterocycles. The summed E-state index contributed by atoms with van der Waals surface area (Å²) < 4.78 is 29.1. The summed E-state index contributed by atoms with van der Waals surface area (Å²) in [5.74, 6) is 0.177. The molecular weight excluding hydrogens is 240 g/mol. The molecule has 4 nitrogen and oxygen atoms in total. The van der Waals surface area contributed by atoms with Crippen molar-refractivity contribution in [1.82, 2.24) is 10.2 Å². The molecule has 1 atom stereocenters. The summed E-state index contributed by atoms with van der Waals surface area (Å²) in [6.07, 6.45) is 3.31. The maximum absolute atomic E-state index is 12.3. The molecule has 18 heavy (non-hydrogen) atoms. The molecule has 0 fully saturated rings. The number of halogens is 2. The van der Waals surface area contributed by atoms with Crippen molar-refractivity contribution < 1.29 is 13.5 Å². The van der Waals surface area contributed by atoms with E-state index in [1.807, 2.05) is 6.92 Å². The zero-order valence-electron chi connectivity index (χ0n) is 9.73. The second kappa shape index (κ2) is 5.48. The number of alkyl halides is 2. The van der Waals surface area contributed by atoms with Crippen LogP contribution in [0.3, 0.4) is 0 Å². The average Bonchev–Trinajstić information content (AvgIpc) is 2.81. The fourth-order valence-corrected chi connectivity index (χ4v) is 1.70. The minimum Gasteiger partial charge on any atom is -0.434 e. The Morgan fingerprint density at radius 2 is 2.11 bits per heavy atom. The van der Waals surface area contributed by atoms with Crippen LogP contribution in [0.15, 0.2) is 36.7 Å². The van der Waals surface area contributed by atoms with Gasteiger partial charge in [0.25, 0.3) is 0 Å². The number of benzene rings is 1. The largest absolute Gasteiger partial charge is 0.434 e. The van der Waals surface area contributed by atoms with Gasteiger partial charge in [-0.15, -0.1) is 0 Å². The van der Waals surface area contributed by atoms with Gasteiger partial charge in [-0.3, -0.25) is 5.10 Å². The zero-order valence-corrected chi connectivity index (χ0v) is 9.73. The van der Waals surface area contributed by atoms with E-state index in [4.69, 9.17) is 0 Å². The van der Waals surface area contributed by atoms with Crippen LogP contribution in [0.4, 0.5) is 14.5 Å². The van der Waals surface area contributed by atoms with E-state index in [9.17, 15) is 8.78 Å². The molecule has 0 bridgehead atoms. The minimum atomic E-state index is -2.83. The average molecular weight is 253 g/mol. The van der Waals surface area contributed by atoms with Crippen molar-refractivity contribution >= 4 is 5.69 Å². The number of hydrogen-bond donors (Lipinski definition) is 2. The number of H-pyrrole nitrogens is 1. The Morgan fingerprint density at radius 1 is 1.33 bits per heavy atom. The Bertz CT molecular complexity index is 488. The second-order valence-electron chi connectivity index (χ2n) is 3.77. The Balaban J connectivity index is 2.16. The molecule has 0 amide bonds. The van der Waals surface area contributed by atoms with Crippen molar-refractivity contribution in [2.24, 2.45) is 0 Å². The van der Waals surface area contributed by atoms with Gasteiger partial charge in [0.15, 0.2) is 0 Å². The van der Waals surface area contributed by atoms with Gasteiger partial charge in [-0.25, -0.2) is 0 Å².